The van der Waals surface area contributed by atoms with Crippen molar-refractivity contribution in [1.29, 1.82) is 0 Å². The number of hydrogen-bond acceptors (Lipinski definition) is 4. The molecule has 0 aliphatic rings. The van der Waals surface area contributed by atoms with E-state index in [0.29, 0.717) is 11.3 Å². The van der Waals surface area contributed by atoms with Crippen molar-refractivity contribution in [2.45, 2.75) is 0 Å². The second kappa shape index (κ2) is 5.44. The van der Waals surface area contributed by atoms with E-state index in [1.165, 1.54) is 7.11 Å². The molecule has 0 aliphatic heterocycles. The largest absolute Gasteiger partial charge is 0.497 e. The summed E-state index contributed by atoms with van der Waals surface area (Å²) < 4.78 is 9.89. The number of ether oxygens (including phenoxy) is 2. The number of rotatable bonds is 3. The topological polar surface area (TPSA) is 61.5 Å². The minimum Gasteiger partial charge on any atom is -0.497 e. The summed E-state index contributed by atoms with van der Waals surface area (Å²) in [5.74, 6) is 0.316. The van der Waals surface area contributed by atoms with Gasteiger partial charge in [-0.25, -0.2) is 4.79 Å². The molecule has 0 saturated heterocycles. The molecule has 0 bridgehead atoms. The van der Waals surface area contributed by atoms with Crippen LogP contribution < -0.4 is 10.5 Å². The van der Waals surface area contributed by atoms with Crippen LogP contribution in [0.5, 0.6) is 5.75 Å². The van der Waals surface area contributed by atoms with Gasteiger partial charge in [0.15, 0.2) is 0 Å². The fourth-order valence-electron chi connectivity index (χ4n) is 1.83. The van der Waals surface area contributed by atoms with Gasteiger partial charge in [0.2, 0.25) is 0 Å². The third-order valence-electron chi connectivity index (χ3n) is 2.86. The number of benzene rings is 2. The number of nitrogen functional groups attached to an aromatic ring is 1. The van der Waals surface area contributed by atoms with Crippen LogP contribution in [-0.4, -0.2) is 20.2 Å². The van der Waals surface area contributed by atoms with Crippen LogP contribution in [0.15, 0.2) is 42.5 Å². The van der Waals surface area contributed by atoms with Crippen molar-refractivity contribution in [3.63, 3.8) is 0 Å². The quantitative estimate of drug-likeness (QED) is 0.678. The maximum Gasteiger partial charge on any atom is 0.339 e. The molecule has 98 valence electrons. The predicted molar refractivity (Wildman–Crippen MR) is 74.2 cm³/mol. The van der Waals surface area contributed by atoms with E-state index in [4.69, 9.17) is 15.2 Å². The van der Waals surface area contributed by atoms with E-state index >= 15 is 0 Å². The lowest BCUT2D eigenvalue weighted by Gasteiger charge is -2.08. The Morgan fingerprint density at radius 2 is 1.79 bits per heavy atom. The van der Waals surface area contributed by atoms with Gasteiger partial charge in [-0.15, -0.1) is 0 Å². The zero-order chi connectivity index (χ0) is 13.8. The number of nitrogens with two attached hydrogens (primary N) is 1. The Morgan fingerprint density at radius 1 is 1.05 bits per heavy atom. The Hall–Kier alpha value is -2.49. The van der Waals surface area contributed by atoms with Crippen molar-refractivity contribution in [1.82, 2.24) is 0 Å². The van der Waals surface area contributed by atoms with Crippen LogP contribution in [0.1, 0.15) is 10.4 Å². The first-order valence-corrected chi connectivity index (χ1v) is 5.78. The molecular formula is C15H15NO3. The Bertz CT molecular complexity index is 608. The second-order valence-corrected chi connectivity index (χ2v) is 4.03. The highest BCUT2D eigenvalue weighted by atomic mass is 16.5. The molecule has 0 aliphatic carbocycles. The van der Waals surface area contributed by atoms with Gasteiger partial charge in [-0.05, 0) is 35.4 Å². The molecule has 0 saturated carbocycles. The van der Waals surface area contributed by atoms with E-state index in [1.807, 2.05) is 30.3 Å². The second-order valence-electron chi connectivity index (χ2n) is 4.03. The number of methoxy groups -OCH3 is 2. The van der Waals surface area contributed by atoms with Crippen LogP contribution in [-0.2, 0) is 4.74 Å². The lowest BCUT2D eigenvalue weighted by molar-refractivity contribution is 0.0602. The molecule has 0 atom stereocenters. The van der Waals surface area contributed by atoms with Crippen LogP contribution in [0.4, 0.5) is 5.69 Å². The molecule has 0 fully saturated rings. The molecule has 4 heteroatoms. The summed E-state index contributed by atoms with van der Waals surface area (Å²) in [4.78, 5) is 11.6. The van der Waals surface area contributed by atoms with E-state index in [0.717, 1.165) is 16.9 Å². The maximum atomic E-state index is 11.6. The average molecular weight is 257 g/mol. The summed E-state index contributed by atoms with van der Waals surface area (Å²) in [6, 6.07) is 12.9. The van der Waals surface area contributed by atoms with Gasteiger partial charge in [0.05, 0.1) is 19.8 Å². The lowest BCUT2D eigenvalue weighted by Crippen LogP contribution is -2.05. The molecule has 2 aromatic carbocycles. The van der Waals surface area contributed by atoms with Crippen molar-refractivity contribution in [3.05, 3.63) is 48.0 Å². The first kappa shape index (κ1) is 13.0. The highest BCUT2D eigenvalue weighted by Gasteiger charge is 2.11. The summed E-state index contributed by atoms with van der Waals surface area (Å²) in [6.45, 7) is 0. The van der Waals surface area contributed by atoms with Crippen molar-refractivity contribution >= 4 is 11.7 Å². The predicted octanol–water partition coefficient (Wildman–Crippen LogP) is 2.73. The monoisotopic (exact) mass is 257 g/mol. The molecule has 2 rings (SSSR count). The maximum absolute atomic E-state index is 11.6. The standard InChI is InChI=1S/C15H15NO3/c1-18-12-5-3-4-10(8-12)11-6-7-14(16)13(9-11)15(17)19-2/h3-9H,16H2,1-2H3. The third kappa shape index (κ3) is 2.68. The number of hydrogen-bond donors (Lipinski definition) is 1. The van der Waals surface area contributed by atoms with E-state index < -0.39 is 5.97 Å². The molecule has 0 radical (unpaired) electrons. The minimum absolute atomic E-state index is 0.364. The van der Waals surface area contributed by atoms with E-state index in [2.05, 4.69) is 0 Å². The summed E-state index contributed by atoms with van der Waals surface area (Å²) >= 11 is 0. The van der Waals surface area contributed by atoms with Gasteiger partial charge >= 0.3 is 5.97 Å². The molecular weight excluding hydrogens is 242 g/mol. The Morgan fingerprint density at radius 3 is 2.47 bits per heavy atom. The molecule has 0 heterocycles. The highest BCUT2D eigenvalue weighted by Crippen LogP contribution is 2.27. The Balaban J connectivity index is 2.48. The van der Waals surface area contributed by atoms with E-state index in [1.54, 1.807) is 19.2 Å². The van der Waals surface area contributed by atoms with Crippen LogP contribution in [0.2, 0.25) is 0 Å². The van der Waals surface area contributed by atoms with E-state index in [9.17, 15) is 4.79 Å². The van der Waals surface area contributed by atoms with Gasteiger partial charge in [-0.1, -0.05) is 18.2 Å². The van der Waals surface area contributed by atoms with Gasteiger partial charge in [-0.3, -0.25) is 0 Å². The van der Waals surface area contributed by atoms with Crippen molar-refractivity contribution in [3.8, 4) is 16.9 Å². The Labute approximate surface area is 111 Å². The fourth-order valence-corrected chi connectivity index (χ4v) is 1.83. The van der Waals surface area contributed by atoms with Crippen molar-refractivity contribution < 1.29 is 14.3 Å². The fraction of sp³-hybridized carbons (Fsp3) is 0.133. The minimum atomic E-state index is -0.442. The highest BCUT2D eigenvalue weighted by molar-refractivity contribution is 5.96. The van der Waals surface area contributed by atoms with Gasteiger partial charge in [0.1, 0.15) is 5.75 Å². The zero-order valence-corrected chi connectivity index (χ0v) is 10.8. The summed E-state index contributed by atoms with van der Waals surface area (Å²) in [5, 5.41) is 0. The van der Waals surface area contributed by atoms with Crippen LogP contribution >= 0.6 is 0 Å². The van der Waals surface area contributed by atoms with Crippen molar-refractivity contribution in [2.24, 2.45) is 0 Å². The lowest BCUT2D eigenvalue weighted by atomic mass is 10.0. The first-order chi connectivity index (χ1) is 9.15. The third-order valence-corrected chi connectivity index (χ3v) is 2.86. The summed E-state index contributed by atoms with van der Waals surface area (Å²) in [7, 11) is 2.95. The SMILES string of the molecule is COC(=O)c1cc(-c2cccc(OC)c2)ccc1N. The molecule has 0 aromatic heterocycles. The van der Waals surface area contributed by atoms with Crippen LogP contribution in [0.25, 0.3) is 11.1 Å². The molecule has 0 unspecified atom stereocenters. The van der Waals surface area contributed by atoms with Crippen LogP contribution in [0.3, 0.4) is 0 Å². The molecule has 4 nitrogen and oxygen atoms in total. The Kier molecular flexibility index (Phi) is 3.71. The summed E-state index contributed by atoms with van der Waals surface area (Å²) in [6.07, 6.45) is 0. The van der Waals surface area contributed by atoms with Crippen LogP contribution in [0, 0.1) is 0 Å². The number of carbonyl (C=O) groups excluding carboxylic acids is 1. The van der Waals surface area contributed by atoms with Gasteiger partial charge < -0.3 is 15.2 Å². The number of carbonyl (C=O) groups is 1. The van der Waals surface area contributed by atoms with Crippen molar-refractivity contribution in [2.75, 3.05) is 20.0 Å². The zero-order valence-electron chi connectivity index (χ0n) is 10.8. The molecule has 2 aromatic rings. The van der Waals surface area contributed by atoms with Gasteiger partial charge in [0, 0.05) is 5.69 Å². The molecule has 19 heavy (non-hydrogen) atoms. The smallest absolute Gasteiger partial charge is 0.339 e. The van der Waals surface area contributed by atoms with E-state index in [-0.39, 0.29) is 0 Å². The van der Waals surface area contributed by atoms with Gasteiger partial charge in [-0.2, -0.15) is 0 Å². The van der Waals surface area contributed by atoms with Gasteiger partial charge in [0.25, 0.3) is 0 Å². The molecule has 0 spiro atoms. The molecule has 0 amide bonds. The summed E-state index contributed by atoms with van der Waals surface area (Å²) in [5.41, 5.74) is 8.37. The number of anilines is 1. The number of esters is 1. The molecule has 2 N–H and O–H groups in total. The first-order valence-electron chi connectivity index (χ1n) is 5.78. The normalized spacial score (nSPS) is 10.0. The average Bonchev–Trinajstić information content (AvgIpc) is 2.47.